The first kappa shape index (κ1) is 20.9. The van der Waals surface area contributed by atoms with Crippen molar-refractivity contribution in [3.8, 4) is 0 Å². The number of aryl methyl sites for hydroxylation is 1. The van der Waals surface area contributed by atoms with Crippen LogP contribution in [-0.2, 0) is 14.3 Å². The molecular weight excluding hydrogens is 370 g/mol. The van der Waals surface area contributed by atoms with Gasteiger partial charge >= 0.3 is 12.0 Å². The summed E-state index contributed by atoms with van der Waals surface area (Å²) in [5.74, 6) is -1.55. The first-order valence-electron chi connectivity index (χ1n) is 8.83. The number of carbonyl (C=O) groups excluding carboxylic acids is 4. The second kappa shape index (κ2) is 8.51. The number of urea groups is 1. The van der Waals surface area contributed by atoms with Crippen LogP contribution in [0.5, 0.6) is 0 Å². The molecule has 9 heteroatoms. The van der Waals surface area contributed by atoms with Crippen molar-refractivity contribution in [2.24, 2.45) is 5.92 Å². The highest BCUT2D eigenvalue weighted by molar-refractivity contribution is 7.16. The third kappa shape index (κ3) is 5.53. The van der Waals surface area contributed by atoms with E-state index in [-0.39, 0.29) is 23.4 Å². The molecule has 1 heterocycles. The maximum Gasteiger partial charge on any atom is 0.342 e. The molecule has 1 aromatic rings. The minimum absolute atomic E-state index is 0.000698. The van der Waals surface area contributed by atoms with E-state index in [0.29, 0.717) is 10.6 Å². The number of ether oxygens (including phenoxy) is 1. The fourth-order valence-electron chi connectivity index (χ4n) is 2.31. The van der Waals surface area contributed by atoms with Gasteiger partial charge in [0.2, 0.25) is 5.91 Å². The first-order chi connectivity index (χ1) is 12.6. The molecule has 1 saturated carbocycles. The Morgan fingerprint density at radius 1 is 1.11 bits per heavy atom. The fourth-order valence-corrected chi connectivity index (χ4v) is 3.36. The Morgan fingerprint density at radius 2 is 1.74 bits per heavy atom. The molecule has 27 heavy (non-hydrogen) atoms. The molecule has 8 nitrogen and oxygen atoms in total. The zero-order valence-corrected chi connectivity index (χ0v) is 16.9. The van der Waals surface area contributed by atoms with Crippen molar-refractivity contribution in [1.82, 2.24) is 10.6 Å². The zero-order valence-electron chi connectivity index (χ0n) is 16.1. The Kier molecular flexibility index (Phi) is 6.59. The van der Waals surface area contributed by atoms with Gasteiger partial charge in [0, 0.05) is 16.8 Å². The maximum absolute atomic E-state index is 12.6. The molecule has 148 valence electrons. The van der Waals surface area contributed by atoms with Crippen LogP contribution in [0.15, 0.2) is 0 Å². The molecule has 2 rings (SSSR count). The number of hydrogen-bond acceptors (Lipinski definition) is 6. The second-order valence-corrected chi connectivity index (χ2v) is 8.14. The number of carbonyl (C=O) groups is 4. The maximum atomic E-state index is 12.6. The molecular formula is C18H25N3O5S. The van der Waals surface area contributed by atoms with Crippen molar-refractivity contribution >= 4 is 40.2 Å². The number of anilines is 1. The highest BCUT2D eigenvalue weighted by atomic mass is 32.1. The summed E-state index contributed by atoms with van der Waals surface area (Å²) in [7, 11) is 0. The van der Waals surface area contributed by atoms with Gasteiger partial charge in [-0.05, 0) is 53.0 Å². The molecule has 4 amide bonds. The van der Waals surface area contributed by atoms with Crippen molar-refractivity contribution < 1.29 is 23.9 Å². The SMILES string of the molecule is Cc1sc(NC(=O)C2CC2)c(C(=O)OC(C)C(=O)NC(=O)NC(C)C)c1C. The van der Waals surface area contributed by atoms with Crippen molar-refractivity contribution in [2.75, 3.05) is 5.32 Å². The smallest absolute Gasteiger partial charge is 0.342 e. The van der Waals surface area contributed by atoms with E-state index in [1.807, 2.05) is 6.92 Å². The molecule has 3 N–H and O–H groups in total. The highest BCUT2D eigenvalue weighted by Gasteiger charge is 2.32. The lowest BCUT2D eigenvalue weighted by Gasteiger charge is -2.15. The molecule has 1 aromatic heterocycles. The van der Waals surface area contributed by atoms with E-state index >= 15 is 0 Å². The van der Waals surface area contributed by atoms with E-state index in [2.05, 4.69) is 16.0 Å². The molecule has 1 unspecified atom stereocenters. The Balaban J connectivity index is 2.05. The largest absolute Gasteiger partial charge is 0.449 e. The second-order valence-electron chi connectivity index (χ2n) is 6.92. The van der Waals surface area contributed by atoms with Gasteiger partial charge in [0.1, 0.15) is 5.00 Å². The van der Waals surface area contributed by atoms with Crippen LogP contribution in [0.2, 0.25) is 0 Å². The molecule has 0 saturated heterocycles. The highest BCUT2D eigenvalue weighted by Crippen LogP contribution is 2.36. The Morgan fingerprint density at radius 3 is 2.30 bits per heavy atom. The van der Waals surface area contributed by atoms with E-state index < -0.39 is 24.0 Å². The van der Waals surface area contributed by atoms with Gasteiger partial charge < -0.3 is 15.4 Å². The molecule has 0 aliphatic heterocycles. The van der Waals surface area contributed by atoms with Crippen molar-refractivity contribution in [3.05, 3.63) is 16.0 Å². The van der Waals surface area contributed by atoms with Gasteiger partial charge in [0.05, 0.1) is 5.56 Å². The lowest BCUT2D eigenvalue weighted by Crippen LogP contribution is -2.46. The van der Waals surface area contributed by atoms with E-state index in [4.69, 9.17) is 4.74 Å². The summed E-state index contributed by atoms with van der Waals surface area (Å²) in [4.78, 5) is 49.2. The summed E-state index contributed by atoms with van der Waals surface area (Å²) < 4.78 is 5.22. The number of amides is 4. The van der Waals surface area contributed by atoms with E-state index in [9.17, 15) is 19.2 Å². The summed E-state index contributed by atoms with van der Waals surface area (Å²) in [5.41, 5.74) is 0.944. The van der Waals surface area contributed by atoms with Gasteiger partial charge in [-0.15, -0.1) is 11.3 Å². The minimum Gasteiger partial charge on any atom is -0.449 e. The quantitative estimate of drug-likeness (QED) is 0.641. The van der Waals surface area contributed by atoms with Crippen LogP contribution >= 0.6 is 11.3 Å². The van der Waals surface area contributed by atoms with Gasteiger partial charge in [0.15, 0.2) is 6.10 Å². The lowest BCUT2D eigenvalue weighted by atomic mass is 10.1. The Labute approximate surface area is 162 Å². The normalized spacial score (nSPS) is 14.4. The number of imide groups is 1. The first-order valence-corrected chi connectivity index (χ1v) is 9.65. The van der Waals surface area contributed by atoms with E-state index in [1.54, 1.807) is 20.8 Å². The zero-order chi connectivity index (χ0) is 20.3. The Bertz CT molecular complexity index is 767. The van der Waals surface area contributed by atoms with Gasteiger partial charge in [-0.3, -0.25) is 14.9 Å². The van der Waals surface area contributed by atoms with Gasteiger partial charge in [-0.25, -0.2) is 9.59 Å². The number of nitrogens with one attached hydrogen (secondary N) is 3. The fraction of sp³-hybridized carbons (Fsp3) is 0.556. The summed E-state index contributed by atoms with van der Waals surface area (Å²) in [6.07, 6.45) is 0.539. The Hall–Kier alpha value is -2.42. The predicted octanol–water partition coefficient (Wildman–Crippen LogP) is 2.49. The third-order valence-electron chi connectivity index (χ3n) is 4.08. The van der Waals surface area contributed by atoms with Crippen LogP contribution in [0, 0.1) is 19.8 Å². The average molecular weight is 395 g/mol. The number of esters is 1. The summed E-state index contributed by atoms with van der Waals surface area (Å²) in [5, 5.41) is 7.85. The average Bonchev–Trinajstić information content (AvgIpc) is 3.34. The number of rotatable bonds is 6. The molecule has 1 fully saturated rings. The van der Waals surface area contributed by atoms with Crippen LogP contribution in [-0.4, -0.2) is 36.0 Å². The number of hydrogen-bond donors (Lipinski definition) is 3. The summed E-state index contributed by atoms with van der Waals surface area (Å²) in [6.45, 7) is 8.50. The molecule has 1 atom stereocenters. The van der Waals surface area contributed by atoms with E-state index in [0.717, 1.165) is 17.7 Å². The molecule has 0 bridgehead atoms. The number of thiophene rings is 1. The molecule has 0 spiro atoms. The predicted molar refractivity (Wildman–Crippen MR) is 102 cm³/mol. The topological polar surface area (TPSA) is 114 Å². The standard InChI is InChI=1S/C18H25N3O5S/c1-8(2)19-18(25)21-14(22)10(4)26-17(24)13-9(3)11(5)27-16(13)20-15(23)12-6-7-12/h8,10,12H,6-7H2,1-5H3,(H,20,23)(H2,19,21,22,25). The molecule has 0 radical (unpaired) electrons. The van der Waals surface area contributed by atoms with Crippen molar-refractivity contribution in [1.29, 1.82) is 0 Å². The van der Waals surface area contributed by atoms with Gasteiger partial charge in [-0.1, -0.05) is 0 Å². The van der Waals surface area contributed by atoms with Crippen LogP contribution < -0.4 is 16.0 Å². The minimum atomic E-state index is -1.16. The van der Waals surface area contributed by atoms with Crippen molar-refractivity contribution in [3.63, 3.8) is 0 Å². The lowest BCUT2D eigenvalue weighted by molar-refractivity contribution is -0.128. The summed E-state index contributed by atoms with van der Waals surface area (Å²) in [6, 6.07) is -0.789. The summed E-state index contributed by atoms with van der Waals surface area (Å²) >= 11 is 1.30. The van der Waals surface area contributed by atoms with Crippen molar-refractivity contribution in [2.45, 2.75) is 59.6 Å². The van der Waals surface area contributed by atoms with Crippen LogP contribution in [0.25, 0.3) is 0 Å². The third-order valence-corrected chi connectivity index (χ3v) is 5.21. The molecule has 1 aliphatic rings. The van der Waals surface area contributed by atoms with Crippen LogP contribution in [0.3, 0.4) is 0 Å². The van der Waals surface area contributed by atoms with Crippen LogP contribution in [0.4, 0.5) is 9.80 Å². The monoisotopic (exact) mass is 395 g/mol. The molecule has 0 aromatic carbocycles. The van der Waals surface area contributed by atoms with Gasteiger partial charge in [-0.2, -0.15) is 0 Å². The van der Waals surface area contributed by atoms with E-state index in [1.165, 1.54) is 18.3 Å². The molecule has 1 aliphatic carbocycles. The van der Waals surface area contributed by atoms with Crippen LogP contribution in [0.1, 0.15) is 54.4 Å². The van der Waals surface area contributed by atoms with Gasteiger partial charge in [0.25, 0.3) is 5.91 Å².